The molecule has 0 aliphatic rings. The molecule has 1 amide bonds. The first-order valence-electron chi connectivity index (χ1n) is 5.72. The van der Waals surface area contributed by atoms with Gasteiger partial charge in [-0.1, -0.05) is 12.1 Å². The lowest BCUT2D eigenvalue weighted by Crippen LogP contribution is -2.26. The predicted octanol–water partition coefficient (Wildman–Crippen LogP) is 2.82. The number of aromatic carboxylic acids is 1. The van der Waals surface area contributed by atoms with Gasteiger partial charge in [0.1, 0.15) is 5.69 Å². The van der Waals surface area contributed by atoms with Crippen LogP contribution in [0.5, 0.6) is 0 Å². The summed E-state index contributed by atoms with van der Waals surface area (Å²) in [6.07, 6.45) is 1.31. The molecule has 0 spiro atoms. The van der Waals surface area contributed by atoms with Crippen LogP contribution in [0.25, 0.3) is 0 Å². The highest BCUT2D eigenvalue weighted by molar-refractivity contribution is 9.10. The highest BCUT2D eigenvalue weighted by Crippen LogP contribution is 2.25. The van der Waals surface area contributed by atoms with Gasteiger partial charge in [-0.2, -0.15) is 0 Å². The Morgan fingerprint density at radius 3 is 2.60 bits per heavy atom. The molecule has 0 fully saturated rings. The molecule has 1 aromatic carbocycles. The summed E-state index contributed by atoms with van der Waals surface area (Å²) in [5.41, 5.74) is 0.818. The van der Waals surface area contributed by atoms with Gasteiger partial charge >= 0.3 is 5.97 Å². The Morgan fingerprint density at radius 1 is 1.25 bits per heavy atom. The number of carboxylic acids is 1. The van der Waals surface area contributed by atoms with E-state index in [0.29, 0.717) is 5.69 Å². The number of carbonyl (C=O) groups excluding carboxylic acids is 1. The average Bonchev–Trinajstić information content (AvgIpc) is 2.46. The van der Waals surface area contributed by atoms with Crippen LogP contribution >= 0.6 is 15.9 Å². The van der Waals surface area contributed by atoms with Crippen LogP contribution in [-0.4, -0.2) is 29.0 Å². The van der Waals surface area contributed by atoms with E-state index < -0.39 is 5.97 Å². The summed E-state index contributed by atoms with van der Waals surface area (Å²) in [5.74, 6) is -1.47. The molecule has 0 radical (unpaired) electrons. The maximum Gasteiger partial charge on any atom is 0.354 e. The molecule has 0 unspecified atom stereocenters. The van der Waals surface area contributed by atoms with E-state index in [9.17, 15) is 9.59 Å². The molecule has 1 aromatic heterocycles. The van der Waals surface area contributed by atoms with E-state index in [1.54, 1.807) is 13.1 Å². The topological polar surface area (TPSA) is 70.5 Å². The lowest BCUT2D eigenvalue weighted by Gasteiger charge is -2.18. The number of carboxylic acid groups (broad SMARTS) is 1. The Balaban J connectivity index is 2.34. The number of pyridine rings is 1. The normalized spacial score (nSPS) is 10.1. The minimum Gasteiger partial charge on any atom is -0.477 e. The summed E-state index contributed by atoms with van der Waals surface area (Å²) in [5, 5.41) is 8.90. The van der Waals surface area contributed by atoms with Gasteiger partial charge in [0.15, 0.2) is 0 Å². The lowest BCUT2D eigenvalue weighted by atomic mass is 10.2. The summed E-state index contributed by atoms with van der Waals surface area (Å²) in [7, 11) is 1.63. The average molecular weight is 335 g/mol. The molecule has 0 saturated carbocycles. The Bertz CT molecular complexity index is 673. The molecule has 0 aliphatic carbocycles. The first kappa shape index (κ1) is 14.2. The molecule has 5 nitrogen and oxygen atoms in total. The van der Waals surface area contributed by atoms with Gasteiger partial charge in [0, 0.05) is 23.3 Å². The first-order valence-corrected chi connectivity index (χ1v) is 6.52. The Labute approximate surface area is 124 Å². The van der Waals surface area contributed by atoms with Crippen LogP contribution in [0, 0.1) is 0 Å². The maximum absolute atomic E-state index is 12.4. The Kier molecular flexibility index (Phi) is 4.14. The van der Waals surface area contributed by atoms with Crippen LogP contribution in [0.4, 0.5) is 5.69 Å². The second-order valence-electron chi connectivity index (χ2n) is 4.05. The second kappa shape index (κ2) is 5.83. The molecule has 0 atom stereocenters. The van der Waals surface area contributed by atoms with Crippen molar-refractivity contribution < 1.29 is 14.7 Å². The molecule has 6 heteroatoms. The van der Waals surface area contributed by atoms with Gasteiger partial charge in [-0.15, -0.1) is 0 Å². The van der Waals surface area contributed by atoms with Crippen LogP contribution in [0.15, 0.2) is 47.1 Å². The quantitative estimate of drug-likeness (QED) is 0.936. The van der Waals surface area contributed by atoms with Gasteiger partial charge in [0.2, 0.25) is 0 Å². The number of nitrogens with zero attached hydrogens (tertiary/aromatic N) is 2. The van der Waals surface area contributed by atoms with Crippen molar-refractivity contribution in [3.8, 4) is 0 Å². The number of para-hydroxylation sites is 1. The fraction of sp³-hybridized carbons (Fsp3) is 0.0714. The summed E-state index contributed by atoms with van der Waals surface area (Å²) >= 11 is 3.38. The number of aromatic nitrogens is 1. The zero-order chi connectivity index (χ0) is 14.7. The first-order chi connectivity index (χ1) is 9.50. The maximum atomic E-state index is 12.4. The van der Waals surface area contributed by atoms with Gasteiger partial charge < -0.3 is 10.0 Å². The van der Waals surface area contributed by atoms with Crippen molar-refractivity contribution in [3.63, 3.8) is 0 Å². The van der Waals surface area contributed by atoms with Gasteiger partial charge in [0.25, 0.3) is 5.91 Å². The van der Waals surface area contributed by atoms with E-state index >= 15 is 0 Å². The molecule has 0 bridgehead atoms. The molecule has 0 aliphatic heterocycles. The zero-order valence-electron chi connectivity index (χ0n) is 10.6. The van der Waals surface area contributed by atoms with Crippen LogP contribution in [0.2, 0.25) is 0 Å². The zero-order valence-corrected chi connectivity index (χ0v) is 12.2. The van der Waals surface area contributed by atoms with Gasteiger partial charge in [0.05, 0.1) is 5.69 Å². The van der Waals surface area contributed by atoms with E-state index in [0.717, 1.165) is 4.47 Å². The third-order valence-electron chi connectivity index (χ3n) is 2.74. The van der Waals surface area contributed by atoms with E-state index in [1.165, 1.54) is 23.2 Å². The molecule has 1 heterocycles. The number of halogens is 1. The van der Waals surface area contributed by atoms with Crippen LogP contribution < -0.4 is 4.90 Å². The molecular formula is C14H11BrN2O3. The van der Waals surface area contributed by atoms with Gasteiger partial charge in [-0.05, 0) is 40.2 Å². The SMILES string of the molecule is CN(C(=O)c1ccnc(C(=O)O)c1)c1ccccc1Br. The van der Waals surface area contributed by atoms with E-state index in [2.05, 4.69) is 20.9 Å². The summed E-state index contributed by atoms with van der Waals surface area (Å²) in [4.78, 5) is 28.4. The van der Waals surface area contributed by atoms with E-state index in [1.807, 2.05) is 18.2 Å². The predicted molar refractivity (Wildman–Crippen MR) is 78.1 cm³/mol. The van der Waals surface area contributed by atoms with E-state index in [4.69, 9.17) is 5.11 Å². The van der Waals surface area contributed by atoms with E-state index in [-0.39, 0.29) is 17.2 Å². The number of rotatable bonds is 3. The minimum atomic E-state index is -1.16. The number of hydrogen-bond donors (Lipinski definition) is 1. The number of hydrogen-bond acceptors (Lipinski definition) is 3. The van der Waals surface area contributed by atoms with Crippen molar-refractivity contribution in [2.24, 2.45) is 0 Å². The third kappa shape index (κ3) is 2.85. The van der Waals surface area contributed by atoms with Crippen LogP contribution in [-0.2, 0) is 0 Å². The highest BCUT2D eigenvalue weighted by Gasteiger charge is 2.17. The second-order valence-corrected chi connectivity index (χ2v) is 4.90. The van der Waals surface area contributed by atoms with Crippen LogP contribution in [0.1, 0.15) is 20.8 Å². The molecule has 2 aromatic rings. The number of benzene rings is 1. The van der Waals surface area contributed by atoms with Crippen molar-refractivity contribution in [3.05, 3.63) is 58.3 Å². The Hall–Kier alpha value is -2.21. The fourth-order valence-electron chi connectivity index (χ4n) is 1.71. The van der Waals surface area contributed by atoms with Crippen molar-refractivity contribution in [1.82, 2.24) is 4.98 Å². The van der Waals surface area contributed by atoms with Gasteiger partial charge in [-0.3, -0.25) is 4.79 Å². The molecule has 2 rings (SSSR count). The summed E-state index contributed by atoms with van der Waals surface area (Å²) in [6, 6.07) is 10.0. The number of carbonyl (C=O) groups is 2. The fourth-order valence-corrected chi connectivity index (χ4v) is 2.26. The third-order valence-corrected chi connectivity index (χ3v) is 3.42. The highest BCUT2D eigenvalue weighted by atomic mass is 79.9. The van der Waals surface area contributed by atoms with Crippen molar-refractivity contribution in [2.45, 2.75) is 0 Å². The van der Waals surface area contributed by atoms with Crippen molar-refractivity contribution in [2.75, 3.05) is 11.9 Å². The van der Waals surface area contributed by atoms with Gasteiger partial charge in [-0.25, -0.2) is 9.78 Å². The number of amides is 1. The molecule has 1 N–H and O–H groups in total. The minimum absolute atomic E-state index is 0.156. The standard InChI is InChI=1S/C14H11BrN2O3/c1-17(12-5-3-2-4-10(12)15)13(18)9-6-7-16-11(8-9)14(19)20/h2-8H,1H3,(H,19,20). The number of anilines is 1. The summed E-state index contributed by atoms with van der Waals surface area (Å²) < 4.78 is 0.781. The molecule has 20 heavy (non-hydrogen) atoms. The van der Waals surface area contributed by atoms with Crippen molar-refractivity contribution in [1.29, 1.82) is 0 Å². The molecule has 0 saturated heterocycles. The largest absolute Gasteiger partial charge is 0.477 e. The smallest absolute Gasteiger partial charge is 0.354 e. The van der Waals surface area contributed by atoms with Crippen LogP contribution in [0.3, 0.4) is 0 Å². The molecular weight excluding hydrogens is 324 g/mol. The lowest BCUT2D eigenvalue weighted by molar-refractivity contribution is 0.0690. The monoisotopic (exact) mass is 334 g/mol. The summed E-state index contributed by atoms with van der Waals surface area (Å²) in [6.45, 7) is 0. The molecule has 102 valence electrons. The Morgan fingerprint density at radius 2 is 1.95 bits per heavy atom. The van der Waals surface area contributed by atoms with Crippen molar-refractivity contribution >= 4 is 33.5 Å².